The summed E-state index contributed by atoms with van der Waals surface area (Å²) in [7, 11) is 1.56. The third kappa shape index (κ3) is 4.64. The quantitative estimate of drug-likeness (QED) is 0.583. The third-order valence-corrected chi connectivity index (χ3v) is 5.59. The predicted molar refractivity (Wildman–Crippen MR) is 125 cm³/mol. The molecule has 3 aromatic rings. The number of benzene rings is 1. The second-order valence-corrected chi connectivity index (χ2v) is 7.56. The number of rotatable bonds is 6. The Bertz CT molecular complexity index is 1190. The number of halogens is 1. The highest BCUT2D eigenvalue weighted by Gasteiger charge is 2.22. The van der Waals surface area contributed by atoms with Gasteiger partial charge in [0.25, 0.3) is 0 Å². The first kappa shape index (κ1) is 22.6. The Morgan fingerprint density at radius 2 is 1.94 bits per heavy atom. The van der Waals surface area contributed by atoms with Gasteiger partial charge in [-0.25, -0.2) is 4.39 Å². The van der Waals surface area contributed by atoms with Crippen LogP contribution in [0.3, 0.4) is 0 Å². The molecule has 1 fully saturated rings. The van der Waals surface area contributed by atoms with Crippen LogP contribution in [0.15, 0.2) is 52.8 Å². The normalized spacial score (nSPS) is 15.4. The summed E-state index contributed by atoms with van der Waals surface area (Å²) in [6.07, 6.45) is 3.72. The first-order valence-electron chi connectivity index (χ1n) is 10.6. The van der Waals surface area contributed by atoms with E-state index in [4.69, 9.17) is 4.74 Å². The van der Waals surface area contributed by atoms with Gasteiger partial charge in [0, 0.05) is 38.1 Å². The summed E-state index contributed by atoms with van der Waals surface area (Å²) in [5, 5.41) is 10.9. The summed E-state index contributed by atoms with van der Waals surface area (Å²) in [5.74, 6) is -0.489. The third-order valence-electron chi connectivity index (χ3n) is 5.59. The number of aliphatic imine (C=N–C) groups is 2. The summed E-state index contributed by atoms with van der Waals surface area (Å²) in [6.45, 7) is 8.22. The number of aryl methyl sites for hydroxylation is 1. The van der Waals surface area contributed by atoms with Crippen LogP contribution in [0.1, 0.15) is 34.3 Å². The molecule has 8 nitrogen and oxygen atoms in total. The number of ether oxygens (including phenoxy) is 1. The van der Waals surface area contributed by atoms with E-state index in [1.54, 1.807) is 32.4 Å². The SMILES string of the molecule is C=Nc1cc(N2CCOCC2)cnc1C(=NC)c1cc([C@H](O)c2nccnc2C)ccc1F. The molecular formula is C24H25FN6O2. The van der Waals surface area contributed by atoms with Crippen LogP contribution in [0.2, 0.25) is 0 Å². The minimum absolute atomic E-state index is 0.201. The van der Waals surface area contributed by atoms with Crippen molar-refractivity contribution in [3.05, 3.63) is 76.9 Å². The van der Waals surface area contributed by atoms with Gasteiger partial charge < -0.3 is 14.7 Å². The molecular weight excluding hydrogens is 423 g/mol. The first-order valence-corrected chi connectivity index (χ1v) is 10.6. The molecule has 0 amide bonds. The van der Waals surface area contributed by atoms with Gasteiger partial charge in [0.1, 0.15) is 17.6 Å². The van der Waals surface area contributed by atoms with Crippen LogP contribution in [-0.4, -0.2) is 65.8 Å². The Kier molecular flexibility index (Phi) is 6.81. The Morgan fingerprint density at radius 3 is 2.64 bits per heavy atom. The van der Waals surface area contributed by atoms with Crippen molar-refractivity contribution in [1.29, 1.82) is 0 Å². The fourth-order valence-electron chi connectivity index (χ4n) is 3.83. The number of aliphatic hydroxyl groups excluding tert-OH is 1. The number of hydrogen-bond donors (Lipinski definition) is 1. The second kappa shape index (κ2) is 9.93. The highest BCUT2D eigenvalue weighted by molar-refractivity contribution is 6.14. The number of anilines is 1. The van der Waals surface area contributed by atoms with Gasteiger partial charge in [-0.15, -0.1) is 0 Å². The smallest absolute Gasteiger partial charge is 0.132 e. The van der Waals surface area contributed by atoms with Gasteiger partial charge in [-0.2, -0.15) is 0 Å². The molecule has 1 aliphatic heterocycles. The van der Waals surface area contributed by atoms with Crippen molar-refractivity contribution in [2.24, 2.45) is 9.98 Å². The monoisotopic (exact) mass is 448 g/mol. The molecule has 1 saturated heterocycles. The minimum Gasteiger partial charge on any atom is -0.382 e. The Labute approximate surface area is 191 Å². The molecule has 2 aromatic heterocycles. The van der Waals surface area contributed by atoms with E-state index in [0.29, 0.717) is 47.3 Å². The molecule has 1 atom stereocenters. The summed E-state index contributed by atoms with van der Waals surface area (Å²) >= 11 is 0. The fraction of sp³-hybridized carbons (Fsp3) is 0.292. The van der Waals surface area contributed by atoms with E-state index in [2.05, 4.69) is 36.6 Å². The van der Waals surface area contributed by atoms with E-state index in [9.17, 15) is 9.50 Å². The fourth-order valence-corrected chi connectivity index (χ4v) is 3.83. The zero-order valence-corrected chi connectivity index (χ0v) is 18.6. The standard InChI is InChI=1S/C24H25FN6O2/c1-15-21(29-7-6-28-15)24(32)16-4-5-19(25)18(12-16)22(27-3)23-20(26-2)13-17(14-30-23)31-8-10-33-11-9-31/h4-7,12-14,24,32H,2,8-11H2,1,3H3/t24-/m0/s1. The topological polar surface area (TPSA) is 96.1 Å². The van der Waals surface area contributed by atoms with Crippen LogP contribution in [0.5, 0.6) is 0 Å². The van der Waals surface area contributed by atoms with Gasteiger partial charge in [-0.1, -0.05) is 6.07 Å². The van der Waals surface area contributed by atoms with Crippen LogP contribution < -0.4 is 4.90 Å². The van der Waals surface area contributed by atoms with Crippen LogP contribution in [0, 0.1) is 12.7 Å². The van der Waals surface area contributed by atoms with Gasteiger partial charge >= 0.3 is 0 Å². The van der Waals surface area contributed by atoms with E-state index in [1.807, 2.05) is 6.07 Å². The molecule has 1 aliphatic rings. The highest BCUT2D eigenvalue weighted by Crippen LogP contribution is 2.29. The maximum absolute atomic E-state index is 15.0. The molecule has 9 heteroatoms. The van der Waals surface area contributed by atoms with Gasteiger partial charge in [0.15, 0.2) is 0 Å². The molecule has 1 N–H and O–H groups in total. The van der Waals surface area contributed by atoms with Crippen molar-refractivity contribution in [2.45, 2.75) is 13.0 Å². The van der Waals surface area contributed by atoms with Gasteiger partial charge in [0.05, 0.1) is 47.9 Å². The average Bonchev–Trinajstić information content (AvgIpc) is 2.86. The van der Waals surface area contributed by atoms with Crippen molar-refractivity contribution < 1.29 is 14.2 Å². The van der Waals surface area contributed by atoms with Crippen molar-refractivity contribution in [2.75, 3.05) is 38.3 Å². The molecule has 170 valence electrons. The lowest BCUT2D eigenvalue weighted by molar-refractivity contribution is 0.122. The summed E-state index contributed by atoms with van der Waals surface area (Å²) in [4.78, 5) is 23.6. The molecule has 33 heavy (non-hydrogen) atoms. The number of morpholine rings is 1. The number of hydrogen-bond acceptors (Lipinski definition) is 8. The molecule has 3 heterocycles. The van der Waals surface area contributed by atoms with Gasteiger partial charge in [-0.3, -0.25) is 24.9 Å². The molecule has 0 bridgehead atoms. The zero-order valence-electron chi connectivity index (χ0n) is 18.6. The molecule has 0 saturated carbocycles. The number of pyridine rings is 1. The molecule has 0 unspecified atom stereocenters. The lowest BCUT2D eigenvalue weighted by Gasteiger charge is -2.29. The minimum atomic E-state index is -1.06. The molecule has 0 aliphatic carbocycles. The lowest BCUT2D eigenvalue weighted by atomic mass is 9.98. The Balaban J connectivity index is 1.73. The van der Waals surface area contributed by atoms with Crippen molar-refractivity contribution in [1.82, 2.24) is 15.0 Å². The summed E-state index contributed by atoms with van der Waals surface area (Å²) in [6, 6.07) is 6.24. The number of nitrogens with zero attached hydrogens (tertiary/aromatic N) is 6. The maximum atomic E-state index is 15.0. The van der Waals surface area contributed by atoms with Crippen molar-refractivity contribution in [3.8, 4) is 0 Å². The van der Waals surface area contributed by atoms with Crippen LogP contribution in [0.25, 0.3) is 0 Å². The van der Waals surface area contributed by atoms with Crippen LogP contribution >= 0.6 is 0 Å². The molecule has 0 spiro atoms. The number of aromatic nitrogens is 3. The van der Waals surface area contributed by atoms with E-state index < -0.39 is 11.9 Å². The molecule has 0 radical (unpaired) electrons. The van der Waals surface area contributed by atoms with Gasteiger partial charge in [0.2, 0.25) is 0 Å². The van der Waals surface area contributed by atoms with Crippen molar-refractivity contribution in [3.63, 3.8) is 0 Å². The second-order valence-electron chi connectivity index (χ2n) is 7.56. The van der Waals surface area contributed by atoms with Gasteiger partial charge in [-0.05, 0) is 37.4 Å². The first-order chi connectivity index (χ1) is 16.0. The zero-order chi connectivity index (χ0) is 23.4. The predicted octanol–water partition coefficient (Wildman–Crippen LogP) is 3.04. The van der Waals surface area contributed by atoms with E-state index >= 15 is 0 Å². The molecule has 1 aromatic carbocycles. The van der Waals surface area contributed by atoms with Crippen LogP contribution in [-0.2, 0) is 4.74 Å². The van der Waals surface area contributed by atoms with Crippen LogP contribution in [0.4, 0.5) is 15.8 Å². The van der Waals surface area contributed by atoms with E-state index in [0.717, 1.165) is 18.8 Å². The highest BCUT2D eigenvalue weighted by atomic mass is 19.1. The van der Waals surface area contributed by atoms with E-state index in [-0.39, 0.29) is 5.56 Å². The van der Waals surface area contributed by atoms with Crippen molar-refractivity contribution >= 4 is 23.8 Å². The Hall–Kier alpha value is -3.56. The lowest BCUT2D eigenvalue weighted by Crippen LogP contribution is -2.36. The van der Waals surface area contributed by atoms with E-state index in [1.165, 1.54) is 18.3 Å². The largest absolute Gasteiger partial charge is 0.382 e. The molecule has 4 rings (SSSR count). The number of aliphatic hydroxyl groups is 1. The summed E-state index contributed by atoms with van der Waals surface area (Å²) < 4.78 is 20.4. The summed E-state index contributed by atoms with van der Waals surface area (Å²) in [5.41, 5.74) is 3.78. The average molecular weight is 449 g/mol. The Morgan fingerprint density at radius 1 is 1.18 bits per heavy atom. The maximum Gasteiger partial charge on any atom is 0.132 e.